The molecule has 0 aliphatic heterocycles. The van der Waals surface area contributed by atoms with Gasteiger partial charge in [-0.25, -0.2) is 0 Å². The molecule has 0 saturated heterocycles. The predicted molar refractivity (Wildman–Crippen MR) is 90.4 cm³/mol. The summed E-state index contributed by atoms with van der Waals surface area (Å²) in [5.41, 5.74) is 3.30. The average Bonchev–Trinajstić information content (AvgIpc) is 2.43. The Hall–Kier alpha value is -1.31. The Balaban J connectivity index is 2.03. The second-order valence-electron chi connectivity index (χ2n) is 7.61. The molecule has 2 heteroatoms. The van der Waals surface area contributed by atoms with Crippen molar-refractivity contribution in [3.05, 3.63) is 28.8 Å². The summed E-state index contributed by atoms with van der Waals surface area (Å²) >= 11 is 0. The molecule has 0 atom stereocenters. The molecule has 1 aromatic carbocycles. The molecule has 1 aliphatic rings. The summed E-state index contributed by atoms with van der Waals surface area (Å²) < 4.78 is 0. The summed E-state index contributed by atoms with van der Waals surface area (Å²) in [6.07, 6.45) is 6.77. The SMILES string of the molecule is Cc1ccc(C)c(C=NC2CCC(C(C)(C)C)CC2)c1O. The fourth-order valence-electron chi connectivity index (χ4n) is 3.25. The van der Waals surface area contributed by atoms with E-state index < -0.39 is 0 Å². The molecular weight excluding hydrogens is 258 g/mol. The Morgan fingerprint density at radius 2 is 1.62 bits per heavy atom. The van der Waals surface area contributed by atoms with Crippen LogP contribution in [0, 0.1) is 25.2 Å². The second kappa shape index (κ2) is 6.21. The molecule has 0 bridgehead atoms. The molecule has 116 valence electrons. The van der Waals surface area contributed by atoms with Crippen molar-refractivity contribution in [1.82, 2.24) is 0 Å². The summed E-state index contributed by atoms with van der Waals surface area (Å²) in [5.74, 6) is 1.19. The molecule has 1 saturated carbocycles. The molecule has 1 aromatic rings. The van der Waals surface area contributed by atoms with Gasteiger partial charge in [0.05, 0.1) is 0 Å². The second-order valence-corrected chi connectivity index (χ2v) is 7.61. The lowest BCUT2D eigenvalue weighted by Gasteiger charge is -2.35. The van der Waals surface area contributed by atoms with Gasteiger partial charge in [-0.15, -0.1) is 0 Å². The lowest BCUT2D eigenvalue weighted by Crippen LogP contribution is -2.27. The number of aliphatic imine (C=N–C) groups is 1. The zero-order chi connectivity index (χ0) is 15.6. The Labute approximate surface area is 129 Å². The van der Waals surface area contributed by atoms with Crippen LogP contribution in [0.15, 0.2) is 17.1 Å². The largest absolute Gasteiger partial charge is 0.507 e. The number of hydrogen-bond donors (Lipinski definition) is 1. The first-order chi connectivity index (χ1) is 9.79. The molecule has 0 aromatic heterocycles. The molecule has 0 spiro atoms. The third-order valence-corrected chi connectivity index (χ3v) is 4.97. The molecule has 21 heavy (non-hydrogen) atoms. The number of phenolic OH excluding ortho intramolecular Hbond substituents is 1. The minimum atomic E-state index is 0.377. The van der Waals surface area contributed by atoms with Gasteiger partial charge in [0.1, 0.15) is 5.75 Å². The summed E-state index contributed by atoms with van der Waals surface area (Å²) in [6.45, 7) is 11.0. The molecule has 0 amide bonds. The topological polar surface area (TPSA) is 32.6 Å². The highest BCUT2D eigenvalue weighted by Gasteiger charge is 2.29. The summed E-state index contributed by atoms with van der Waals surface area (Å²) in [6, 6.07) is 4.42. The van der Waals surface area contributed by atoms with E-state index in [1.807, 2.05) is 32.2 Å². The number of aryl methyl sites for hydroxylation is 2. The van der Waals surface area contributed by atoms with E-state index in [0.29, 0.717) is 17.2 Å². The Bertz CT molecular complexity index is 517. The van der Waals surface area contributed by atoms with Crippen molar-refractivity contribution in [2.45, 2.75) is 66.3 Å². The standard InChI is InChI=1S/C19H29NO/c1-13-6-7-14(2)18(21)17(13)12-20-16-10-8-15(9-11-16)19(3,4)5/h6-7,12,15-16,21H,8-11H2,1-5H3. The fourth-order valence-corrected chi connectivity index (χ4v) is 3.25. The first-order valence-corrected chi connectivity index (χ1v) is 8.11. The zero-order valence-electron chi connectivity index (χ0n) is 14.1. The van der Waals surface area contributed by atoms with Crippen LogP contribution in [0.5, 0.6) is 5.75 Å². The van der Waals surface area contributed by atoms with E-state index in [9.17, 15) is 5.11 Å². The quantitative estimate of drug-likeness (QED) is 0.760. The van der Waals surface area contributed by atoms with Crippen LogP contribution in [-0.4, -0.2) is 17.4 Å². The molecule has 0 unspecified atom stereocenters. The number of benzene rings is 1. The van der Waals surface area contributed by atoms with Crippen molar-refractivity contribution in [1.29, 1.82) is 0 Å². The van der Waals surface area contributed by atoms with Gasteiger partial charge in [0.2, 0.25) is 0 Å². The highest BCUT2D eigenvalue weighted by molar-refractivity contribution is 5.86. The van der Waals surface area contributed by atoms with Gasteiger partial charge in [-0.3, -0.25) is 4.99 Å². The van der Waals surface area contributed by atoms with Gasteiger partial charge in [-0.1, -0.05) is 32.9 Å². The number of hydrogen-bond acceptors (Lipinski definition) is 2. The highest BCUT2D eigenvalue weighted by atomic mass is 16.3. The van der Waals surface area contributed by atoms with Gasteiger partial charge < -0.3 is 5.11 Å². The van der Waals surface area contributed by atoms with Crippen LogP contribution in [0.3, 0.4) is 0 Å². The van der Waals surface area contributed by atoms with Crippen molar-refractivity contribution in [2.24, 2.45) is 16.3 Å². The zero-order valence-corrected chi connectivity index (χ0v) is 14.1. The average molecular weight is 287 g/mol. The van der Waals surface area contributed by atoms with Crippen molar-refractivity contribution >= 4 is 6.21 Å². The van der Waals surface area contributed by atoms with E-state index in [1.54, 1.807) is 0 Å². The molecule has 0 heterocycles. The van der Waals surface area contributed by atoms with Gasteiger partial charge in [-0.2, -0.15) is 0 Å². The van der Waals surface area contributed by atoms with Gasteiger partial charge in [0.15, 0.2) is 0 Å². The molecule has 2 rings (SSSR count). The van der Waals surface area contributed by atoms with Crippen molar-refractivity contribution in [3.8, 4) is 5.75 Å². The van der Waals surface area contributed by atoms with E-state index in [1.165, 1.54) is 25.7 Å². The predicted octanol–water partition coefficient (Wildman–Crippen LogP) is 5.03. The van der Waals surface area contributed by atoms with Gasteiger partial charge in [0.25, 0.3) is 0 Å². The molecule has 1 N–H and O–H groups in total. The first-order valence-electron chi connectivity index (χ1n) is 8.11. The van der Waals surface area contributed by atoms with Crippen LogP contribution in [0.4, 0.5) is 0 Å². The van der Waals surface area contributed by atoms with Crippen LogP contribution < -0.4 is 0 Å². The normalized spacial score (nSPS) is 23.7. The highest BCUT2D eigenvalue weighted by Crippen LogP contribution is 2.38. The molecular formula is C19H29NO. The first kappa shape index (κ1) is 16.1. The Morgan fingerprint density at radius 1 is 1.05 bits per heavy atom. The van der Waals surface area contributed by atoms with Crippen LogP contribution in [0.1, 0.15) is 63.1 Å². The number of phenols is 1. The van der Waals surface area contributed by atoms with Crippen LogP contribution >= 0.6 is 0 Å². The van der Waals surface area contributed by atoms with E-state index >= 15 is 0 Å². The molecule has 2 nitrogen and oxygen atoms in total. The number of aromatic hydroxyl groups is 1. The lowest BCUT2D eigenvalue weighted by molar-refractivity contribution is 0.170. The van der Waals surface area contributed by atoms with E-state index in [4.69, 9.17) is 4.99 Å². The van der Waals surface area contributed by atoms with E-state index in [0.717, 1.165) is 22.6 Å². The van der Waals surface area contributed by atoms with Gasteiger partial charge in [-0.05, 0) is 62.0 Å². The fraction of sp³-hybridized carbons (Fsp3) is 0.632. The lowest BCUT2D eigenvalue weighted by atomic mass is 9.71. The van der Waals surface area contributed by atoms with Gasteiger partial charge in [0, 0.05) is 17.8 Å². The molecule has 0 radical (unpaired) electrons. The Kier molecular flexibility index (Phi) is 4.75. The van der Waals surface area contributed by atoms with Gasteiger partial charge >= 0.3 is 0 Å². The summed E-state index contributed by atoms with van der Waals surface area (Å²) in [7, 11) is 0. The van der Waals surface area contributed by atoms with Crippen LogP contribution in [0.25, 0.3) is 0 Å². The maximum Gasteiger partial charge on any atom is 0.127 e. The molecule has 1 aliphatic carbocycles. The van der Waals surface area contributed by atoms with E-state index in [-0.39, 0.29) is 0 Å². The monoisotopic (exact) mass is 287 g/mol. The smallest absolute Gasteiger partial charge is 0.127 e. The summed E-state index contributed by atoms with van der Waals surface area (Å²) in [4.78, 5) is 4.75. The Morgan fingerprint density at radius 3 is 2.19 bits per heavy atom. The third kappa shape index (κ3) is 3.87. The van der Waals surface area contributed by atoms with Crippen LogP contribution in [0.2, 0.25) is 0 Å². The van der Waals surface area contributed by atoms with E-state index in [2.05, 4.69) is 20.8 Å². The minimum absolute atomic E-state index is 0.377. The number of rotatable bonds is 2. The van der Waals surface area contributed by atoms with Crippen molar-refractivity contribution in [2.75, 3.05) is 0 Å². The van der Waals surface area contributed by atoms with Crippen LogP contribution in [-0.2, 0) is 0 Å². The molecule has 1 fully saturated rings. The maximum absolute atomic E-state index is 10.2. The van der Waals surface area contributed by atoms with Crippen molar-refractivity contribution in [3.63, 3.8) is 0 Å². The minimum Gasteiger partial charge on any atom is -0.507 e. The number of nitrogens with zero attached hydrogens (tertiary/aromatic N) is 1. The van der Waals surface area contributed by atoms with Crippen molar-refractivity contribution < 1.29 is 5.11 Å². The third-order valence-electron chi connectivity index (χ3n) is 4.97. The maximum atomic E-state index is 10.2. The summed E-state index contributed by atoms with van der Waals surface area (Å²) in [5, 5.41) is 10.2.